The number of anilines is 1. The molecular weight excluding hydrogens is 280 g/mol. The lowest BCUT2D eigenvalue weighted by atomic mass is 10.2. The fourth-order valence-corrected chi connectivity index (χ4v) is 2.03. The van der Waals surface area contributed by atoms with E-state index in [2.05, 4.69) is 0 Å². The van der Waals surface area contributed by atoms with Crippen molar-refractivity contribution < 1.29 is 14.7 Å². The quantitative estimate of drug-likeness (QED) is 0.908. The standard InChI is InChI=1S/C14H19ClN2O3/c1-4-16(10(2)3)14(20)17(9-13(18)19)12-7-5-11(15)6-8-12/h5-8,10H,4,9H2,1-3H3,(H,18,19). The summed E-state index contributed by atoms with van der Waals surface area (Å²) in [6.07, 6.45) is 0. The predicted octanol–water partition coefficient (Wildman–Crippen LogP) is 3.08. The number of nitrogens with zero attached hydrogens (tertiary/aromatic N) is 2. The average Bonchev–Trinajstić information content (AvgIpc) is 2.37. The summed E-state index contributed by atoms with van der Waals surface area (Å²) in [7, 11) is 0. The van der Waals surface area contributed by atoms with Gasteiger partial charge < -0.3 is 10.0 Å². The number of carboxylic acid groups (broad SMARTS) is 1. The minimum absolute atomic E-state index is 0.00362. The molecule has 0 heterocycles. The van der Waals surface area contributed by atoms with Gasteiger partial charge in [-0.05, 0) is 45.0 Å². The first-order valence-electron chi connectivity index (χ1n) is 6.42. The third-order valence-electron chi connectivity index (χ3n) is 2.87. The van der Waals surface area contributed by atoms with Gasteiger partial charge in [0.05, 0.1) is 0 Å². The number of carboxylic acids is 1. The van der Waals surface area contributed by atoms with Crippen molar-refractivity contribution in [1.82, 2.24) is 4.90 Å². The van der Waals surface area contributed by atoms with Gasteiger partial charge in [-0.1, -0.05) is 11.6 Å². The highest BCUT2D eigenvalue weighted by molar-refractivity contribution is 6.30. The number of carbonyl (C=O) groups excluding carboxylic acids is 1. The summed E-state index contributed by atoms with van der Waals surface area (Å²) < 4.78 is 0. The topological polar surface area (TPSA) is 60.9 Å². The van der Waals surface area contributed by atoms with Gasteiger partial charge in [-0.2, -0.15) is 0 Å². The van der Waals surface area contributed by atoms with Crippen LogP contribution in [0.4, 0.5) is 10.5 Å². The molecule has 5 nitrogen and oxygen atoms in total. The Hall–Kier alpha value is -1.75. The summed E-state index contributed by atoms with van der Waals surface area (Å²) in [4.78, 5) is 26.3. The van der Waals surface area contributed by atoms with Crippen molar-refractivity contribution in [2.45, 2.75) is 26.8 Å². The highest BCUT2D eigenvalue weighted by Gasteiger charge is 2.25. The SMILES string of the molecule is CCN(C(=O)N(CC(=O)O)c1ccc(Cl)cc1)C(C)C. The Morgan fingerprint density at radius 3 is 2.20 bits per heavy atom. The van der Waals surface area contributed by atoms with E-state index in [-0.39, 0.29) is 18.6 Å². The molecule has 1 rings (SSSR count). The van der Waals surface area contributed by atoms with Crippen molar-refractivity contribution in [3.8, 4) is 0 Å². The molecule has 2 amide bonds. The van der Waals surface area contributed by atoms with Crippen LogP contribution in [0.2, 0.25) is 5.02 Å². The number of aliphatic carboxylic acids is 1. The lowest BCUT2D eigenvalue weighted by Crippen LogP contribution is -2.48. The van der Waals surface area contributed by atoms with Gasteiger partial charge >= 0.3 is 12.0 Å². The van der Waals surface area contributed by atoms with Gasteiger partial charge in [-0.3, -0.25) is 9.69 Å². The Morgan fingerprint density at radius 1 is 1.25 bits per heavy atom. The maximum Gasteiger partial charge on any atom is 0.325 e. The van der Waals surface area contributed by atoms with Crippen LogP contribution in [-0.2, 0) is 4.79 Å². The number of hydrogen-bond donors (Lipinski definition) is 1. The zero-order chi connectivity index (χ0) is 15.3. The van der Waals surface area contributed by atoms with Crippen LogP contribution in [0.1, 0.15) is 20.8 Å². The molecule has 0 unspecified atom stereocenters. The summed E-state index contributed by atoms with van der Waals surface area (Å²) in [6.45, 7) is 5.77. The van der Waals surface area contributed by atoms with Gasteiger partial charge in [0.25, 0.3) is 0 Å². The van der Waals surface area contributed by atoms with Crippen LogP contribution in [0.3, 0.4) is 0 Å². The number of urea groups is 1. The smallest absolute Gasteiger partial charge is 0.325 e. The van der Waals surface area contributed by atoms with Crippen LogP contribution in [0.25, 0.3) is 0 Å². The molecule has 0 radical (unpaired) electrons. The summed E-state index contributed by atoms with van der Waals surface area (Å²) in [5.41, 5.74) is 0.515. The van der Waals surface area contributed by atoms with Crippen molar-refractivity contribution in [3.05, 3.63) is 29.3 Å². The third-order valence-corrected chi connectivity index (χ3v) is 3.12. The number of hydrogen-bond acceptors (Lipinski definition) is 2. The van der Waals surface area contributed by atoms with E-state index in [0.717, 1.165) is 0 Å². The fourth-order valence-electron chi connectivity index (χ4n) is 1.90. The van der Waals surface area contributed by atoms with Crippen molar-refractivity contribution in [1.29, 1.82) is 0 Å². The molecule has 0 aromatic heterocycles. The van der Waals surface area contributed by atoms with Crippen molar-refractivity contribution in [3.63, 3.8) is 0 Å². The summed E-state index contributed by atoms with van der Waals surface area (Å²) in [6, 6.07) is 6.20. The first-order chi connectivity index (χ1) is 9.36. The maximum atomic E-state index is 12.5. The van der Waals surface area contributed by atoms with E-state index in [0.29, 0.717) is 17.3 Å². The minimum Gasteiger partial charge on any atom is -0.480 e. The average molecular weight is 299 g/mol. The van der Waals surface area contributed by atoms with Crippen LogP contribution >= 0.6 is 11.6 Å². The number of benzene rings is 1. The third kappa shape index (κ3) is 4.13. The molecule has 1 aromatic rings. The van der Waals surface area contributed by atoms with E-state index in [1.807, 2.05) is 20.8 Å². The number of carbonyl (C=O) groups is 2. The molecule has 110 valence electrons. The maximum absolute atomic E-state index is 12.5. The van der Waals surface area contributed by atoms with Crippen molar-refractivity contribution in [2.75, 3.05) is 18.0 Å². The Labute approximate surface area is 123 Å². The second-order valence-electron chi connectivity index (χ2n) is 4.62. The van der Waals surface area contributed by atoms with E-state index in [1.165, 1.54) is 4.90 Å². The van der Waals surface area contributed by atoms with E-state index >= 15 is 0 Å². The van der Waals surface area contributed by atoms with Crippen LogP contribution in [0.15, 0.2) is 24.3 Å². The molecule has 0 atom stereocenters. The second kappa shape index (κ2) is 7.14. The van der Waals surface area contributed by atoms with Gasteiger partial charge in [0.1, 0.15) is 6.54 Å². The Kier molecular flexibility index (Phi) is 5.82. The van der Waals surface area contributed by atoms with Crippen LogP contribution in [-0.4, -0.2) is 41.1 Å². The van der Waals surface area contributed by atoms with Gasteiger partial charge in [0.2, 0.25) is 0 Å². The van der Waals surface area contributed by atoms with Crippen molar-refractivity contribution >= 4 is 29.3 Å². The predicted molar refractivity (Wildman–Crippen MR) is 79.3 cm³/mol. The number of rotatable bonds is 5. The Balaban J connectivity index is 3.08. The zero-order valence-corrected chi connectivity index (χ0v) is 12.6. The van der Waals surface area contributed by atoms with Crippen LogP contribution in [0, 0.1) is 0 Å². The normalized spacial score (nSPS) is 10.4. The van der Waals surface area contributed by atoms with Gasteiger partial charge in [0.15, 0.2) is 0 Å². The lowest BCUT2D eigenvalue weighted by molar-refractivity contribution is -0.135. The molecule has 20 heavy (non-hydrogen) atoms. The van der Waals surface area contributed by atoms with Crippen LogP contribution in [0.5, 0.6) is 0 Å². The highest BCUT2D eigenvalue weighted by atomic mass is 35.5. The van der Waals surface area contributed by atoms with E-state index < -0.39 is 5.97 Å². The molecule has 1 N–H and O–H groups in total. The first-order valence-corrected chi connectivity index (χ1v) is 6.80. The number of halogens is 1. The molecule has 0 aliphatic heterocycles. The summed E-state index contributed by atoms with van der Waals surface area (Å²) in [5, 5.41) is 9.54. The van der Waals surface area contributed by atoms with Gasteiger partial charge in [-0.25, -0.2) is 4.79 Å². The molecule has 0 aliphatic rings. The molecule has 0 fully saturated rings. The molecule has 0 aliphatic carbocycles. The first kappa shape index (κ1) is 16.3. The molecular formula is C14H19ClN2O3. The summed E-state index contributed by atoms with van der Waals surface area (Å²) in [5.74, 6) is -1.06. The highest BCUT2D eigenvalue weighted by Crippen LogP contribution is 2.20. The van der Waals surface area contributed by atoms with E-state index in [1.54, 1.807) is 29.2 Å². The van der Waals surface area contributed by atoms with Crippen LogP contribution < -0.4 is 4.90 Å². The molecule has 0 saturated heterocycles. The molecule has 0 spiro atoms. The monoisotopic (exact) mass is 298 g/mol. The molecule has 1 aromatic carbocycles. The Morgan fingerprint density at radius 2 is 1.80 bits per heavy atom. The fraction of sp³-hybridized carbons (Fsp3) is 0.429. The van der Waals surface area contributed by atoms with Gasteiger partial charge in [0, 0.05) is 23.3 Å². The molecule has 6 heteroatoms. The second-order valence-corrected chi connectivity index (χ2v) is 5.06. The molecule has 0 bridgehead atoms. The van der Waals surface area contributed by atoms with Gasteiger partial charge in [-0.15, -0.1) is 0 Å². The lowest BCUT2D eigenvalue weighted by Gasteiger charge is -2.31. The number of amides is 2. The minimum atomic E-state index is -1.06. The largest absolute Gasteiger partial charge is 0.480 e. The zero-order valence-electron chi connectivity index (χ0n) is 11.8. The van der Waals surface area contributed by atoms with E-state index in [4.69, 9.17) is 16.7 Å². The molecule has 0 saturated carbocycles. The van der Waals surface area contributed by atoms with Crippen molar-refractivity contribution in [2.24, 2.45) is 0 Å². The van der Waals surface area contributed by atoms with E-state index in [9.17, 15) is 9.59 Å². The Bertz CT molecular complexity index is 474. The summed E-state index contributed by atoms with van der Waals surface area (Å²) >= 11 is 5.81.